The molecule has 0 saturated carbocycles. The van der Waals surface area contributed by atoms with Crippen LogP contribution in [0, 0.1) is 11.3 Å². The largest absolute Gasteiger partial charge is 0.443 e. The molecule has 0 N–H and O–H groups in total. The minimum atomic E-state index is -0.728. The number of nitrogens with zero attached hydrogens (tertiary/aromatic N) is 1. The van der Waals surface area contributed by atoms with E-state index in [0.29, 0.717) is 0 Å². The third-order valence-corrected chi connectivity index (χ3v) is 1.19. The first kappa shape index (κ1) is 10.7. The molecule has 12 heavy (non-hydrogen) atoms. The molecule has 66 valence electrons. The number of carbonyl (C=O) groups is 1. The van der Waals surface area contributed by atoms with Gasteiger partial charge in [0.2, 0.25) is 6.10 Å². The Morgan fingerprint density at radius 1 is 1.75 bits per heavy atom. The van der Waals surface area contributed by atoms with E-state index < -0.39 is 12.1 Å². The average Bonchev–Trinajstić information content (AvgIpc) is 2.02. The molecule has 0 amide bonds. The molecule has 0 saturated heterocycles. The number of rotatable bonds is 4. The van der Waals surface area contributed by atoms with Crippen LogP contribution >= 0.6 is 0 Å². The average molecular weight is 167 g/mol. The van der Waals surface area contributed by atoms with Crippen molar-refractivity contribution in [2.24, 2.45) is 0 Å². The molecule has 0 aromatic carbocycles. The van der Waals surface area contributed by atoms with Crippen molar-refractivity contribution in [3.05, 3.63) is 12.2 Å². The summed E-state index contributed by atoms with van der Waals surface area (Å²) in [6, 6.07) is 1.86. The summed E-state index contributed by atoms with van der Waals surface area (Å²) >= 11 is 0. The number of esters is 1. The van der Waals surface area contributed by atoms with Gasteiger partial charge in [-0.15, -0.1) is 0 Å². The third kappa shape index (κ3) is 5.48. The van der Waals surface area contributed by atoms with Crippen molar-refractivity contribution in [3.8, 4) is 6.07 Å². The van der Waals surface area contributed by atoms with E-state index in [9.17, 15) is 4.79 Å². The lowest BCUT2D eigenvalue weighted by Gasteiger charge is -2.02. The summed E-state index contributed by atoms with van der Waals surface area (Å²) in [6.45, 7) is 3.33. The Balaban J connectivity index is 3.84. The van der Waals surface area contributed by atoms with Gasteiger partial charge in [0.1, 0.15) is 6.07 Å². The van der Waals surface area contributed by atoms with E-state index in [4.69, 9.17) is 5.26 Å². The fourth-order valence-corrected chi connectivity index (χ4v) is 0.674. The highest BCUT2D eigenvalue weighted by Crippen LogP contribution is 1.96. The normalized spacial score (nSPS) is 12.4. The highest BCUT2D eigenvalue weighted by atomic mass is 16.5. The van der Waals surface area contributed by atoms with Crippen molar-refractivity contribution in [3.63, 3.8) is 0 Å². The minimum absolute atomic E-state index is 0.428. The van der Waals surface area contributed by atoms with Gasteiger partial charge < -0.3 is 4.74 Å². The van der Waals surface area contributed by atoms with Crippen molar-refractivity contribution in [2.45, 2.75) is 32.8 Å². The molecule has 0 bridgehead atoms. The fraction of sp³-hybridized carbons (Fsp3) is 0.556. The molecular weight excluding hydrogens is 154 g/mol. The highest BCUT2D eigenvalue weighted by Gasteiger charge is 2.04. The first-order chi connectivity index (χ1) is 5.70. The van der Waals surface area contributed by atoms with Crippen LogP contribution in [0.3, 0.4) is 0 Å². The van der Waals surface area contributed by atoms with Crippen LogP contribution in [0.5, 0.6) is 0 Å². The van der Waals surface area contributed by atoms with Crippen LogP contribution < -0.4 is 0 Å². The summed E-state index contributed by atoms with van der Waals surface area (Å²) in [4.78, 5) is 10.4. The molecule has 1 atom stereocenters. The fourth-order valence-electron chi connectivity index (χ4n) is 0.674. The van der Waals surface area contributed by atoms with Gasteiger partial charge >= 0.3 is 5.97 Å². The van der Waals surface area contributed by atoms with Crippen LogP contribution in [-0.4, -0.2) is 12.1 Å². The predicted molar refractivity (Wildman–Crippen MR) is 45.2 cm³/mol. The number of allylic oxidation sites excluding steroid dienone is 1. The Labute approximate surface area is 72.6 Å². The minimum Gasteiger partial charge on any atom is -0.443 e. The van der Waals surface area contributed by atoms with E-state index in [0.717, 1.165) is 12.8 Å². The Morgan fingerprint density at radius 3 is 2.83 bits per heavy atom. The maximum Gasteiger partial charge on any atom is 0.304 e. The number of unbranched alkanes of at least 4 members (excludes halogenated alkanes) is 1. The highest BCUT2D eigenvalue weighted by molar-refractivity contribution is 5.66. The molecule has 1 unspecified atom stereocenters. The Morgan fingerprint density at radius 2 is 2.42 bits per heavy atom. The molecule has 0 aromatic heterocycles. The van der Waals surface area contributed by atoms with Gasteiger partial charge in [0.15, 0.2) is 0 Å². The zero-order chi connectivity index (χ0) is 9.40. The van der Waals surface area contributed by atoms with Crippen molar-refractivity contribution < 1.29 is 9.53 Å². The summed E-state index contributed by atoms with van der Waals surface area (Å²) < 4.78 is 4.66. The van der Waals surface area contributed by atoms with E-state index in [1.165, 1.54) is 6.92 Å². The smallest absolute Gasteiger partial charge is 0.304 e. The van der Waals surface area contributed by atoms with Crippen molar-refractivity contribution in [1.82, 2.24) is 0 Å². The second-order valence-electron chi connectivity index (χ2n) is 2.38. The van der Waals surface area contributed by atoms with E-state index in [-0.39, 0.29) is 0 Å². The number of nitriles is 1. The molecule has 0 aliphatic heterocycles. The van der Waals surface area contributed by atoms with E-state index >= 15 is 0 Å². The van der Waals surface area contributed by atoms with Gasteiger partial charge in [-0.2, -0.15) is 5.26 Å². The van der Waals surface area contributed by atoms with Gasteiger partial charge in [-0.05, 0) is 12.5 Å². The van der Waals surface area contributed by atoms with Crippen LogP contribution in [0.2, 0.25) is 0 Å². The molecule has 0 aliphatic carbocycles. The van der Waals surface area contributed by atoms with Gasteiger partial charge in [0.05, 0.1) is 0 Å². The molecule has 0 heterocycles. The van der Waals surface area contributed by atoms with E-state index in [2.05, 4.69) is 4.74 Å². The second kappa shape index (κ2) is 6.41. The predicted octanol–water partition coefficient (Wildman–Crippen LogP) is 1.80. The monoisotopic (exact) mass is 167 g/mol. The lowest BCUT2D eigenvalue weighted by molar-refractivity contribution is -0.142. The standard InChI is InChI=1S/C9H13NO2/c1-3-4-5-6-9(7-10)12-8(2)11/h5-6,9H,3-4H2,1-2H3/b6-5-. The van der Waals surface area contributed by atoms with Gasteiger partial charge in [-0.3, -0.25) is 4.79 Å². The van der Waals surface area contributed by atoms with Crippen LogP contribution in [0.15, 0.2) is 12.2 Å². The van der Waals surface area contributed by atoms with Gasteiger partial charge in [-0.25, -0.2) is 0 Å². The number of carbonyl (C=O) groups excluding carboxylic acids is 1. The zero-order valence-electron chi connectivity index (χ0n) is 7.41. The van der Waals surface area contributed by atoms with Crippen molar-refractivity contribution in [1.29, 1.82) is 5.26 Å². The van der Waals surface area contributed by atoms with Gasteiger partial charge in [0, 0.05) is 6.92 Å². The first-order valence-corrected chi connectivity index (χ1v) is 3.94. The van der Waals surface area contributed by atoms with E-state index in [1.807, 2.05) is 19.1 Å². The summed E-state index contributed by atoms with van der Waals surface area (Å²) in [5.74, 6) is -0.428. The first-order valence-electron chi connectivity index (χ1n) is 3.94. The molecule has 0 rings (SSSR count). The quantitative estimate of drug-likeness (QED) is 0.474. The zero-order valence-corrected chi connectivity index (χ0v) is 7.41. The van der Waals surface area contributed by atoms with Gasteiger partial charge in [-0.1, -0.05) is 19.4 Å². The van der Waals surface area contributed by atoms with Crippen LogP contribution in [0.1, 0.15) is 26.7 Å². The molecule has 0 aliphatic rings. The number of hydrogen-bond donors (Lipinski definition) is 0. The second-order valence-corrected chi connectivity index (χ2v) is 2.38. The Kier molecular flexibility index (Phi) is 5.72. The molecule has 0 fully saturated rings. The van der Waals surface area contributed by atoms with Crippen molar-refractivity contribution >= 4 is 5.97 Å². The van der Waals surface area contributed by atoms with E-state index in [1.54, 1.807) is 6.08 Å². The molecule has 3 heteroatoms. The molecular formula is C9H13NO2. The Bertz CT molecular complexity index is 203. The molecule has 0 aromatic rings. The van der Waals surface area contributed by atoms with Gasteiger partial charge in [0.25, 0.3) is 0 Å². The third-order valence-electron chi connectivity index (χ3n) is 1.19. The summed E-state index contributed by atoms with van der Waals surface area (Å²) in [6.07, 6.45) is 4.64. The van der Waals surface area contributed by atoms with Crippen molar-refractivity contribution in [2.75, 3.05) is 0 Å². The summed E-state index contributed by atoms with van der Waals surface area (Å²) in [7, 11) is 0. The lowest BCUT2D eigenvalue weighted by Crippen LogP contribution is -2.10. The molecule has 3 nitrogen and oxygen atoms in total. The maximum atomic E-state index is 10.4. The van der Waals surface area contributed by atoms with Crippen LogP contribution in [-0.2, 0) is 9.53 Å². The number of ether oxygens (including phenoxy) is 1. The maximum absolute atomic E-state index is 10.4. The topological polar surface area (TPSA) is 50.1 Å². The molecule has 0 radical (unpaired) electrons. The number of hydrogen-bond acceptors (Lipinski definition) is 3. The lowest BCUT2D eigenvalue weighted by atomic mass is 10.2. The van der Waals surface area contributed by atoms with Crippen LogP contribution in [0.25, 0.3) is 0 Å². The summed E-state index contributed by atoms with van der Waals surface area (Å²) in [5, 5.41) is 8.50. The SMILES string of the molecule is CCC/C=C\C(C#N)OC(C)=O. The molecule has 0 spiro atoms. The Hall–Kier alpha value is -1.30. The van der Waals surface area contributed by atoms with Crippen LogP contribution in [0.4, 0.5) is 0 Å². The summed E-state index contributed by atoms with van der Waals surface area (Å²) in [5.41, 5.74) is 0.